The maximum absolute atomic E-state index is 8.93. The third-order valence-electron chi connectivity index (χ3n) is 7.34. The van der Waals surface area contributed by atoms with Gasteiger partial charge in [-0.05, 0) is 0 Å². The third-order valence-corrected chi connectivity index (χ3v) is 11.6. The van der Waals surface area contributed by atoms with Crippen molar-refractivity contribution < 1.29 is 14.5 Å². The monoisotopic (exact) mass is 540 g/mol. The van der Waals surface area contributed by atoms with E-state index in [9.17, 15) is 0 Å². The molecular formula is C33H36GeNO+. The van der Waals surface area contributed by atoms with E-state index < -0.39 is 31.4 Å². The van der Waals surface area contributed by atoms with Gasteiger partial charge in [-0.3, -0.25) is 0 Å². The van der Waals surface area contributed by atoms with Crippen molar-refractivity contribution in [3.8, 4) is 22.4 Å². The van der Waals surface area contributed by atoms with Crippen molar-refractivity contribution in [1.82, 2.24) is 0 Å². The van der Waals surface area contributed by atoms with Crippen molar-refractivity contribution in [3.63, 3.8) is 0 Å². The van der Waals surface area contributed by atoms with Crippen LogP contribution in [0.2, 0.25) is 17.3 Å². The van der Waals surface area contributed by atoms with Crippen molar-refractivity contribution in [2.75, 3.05) is 0 Å². The molecule has 0 N–H and O–H groups in total. The number of rotatable bonds is 3. The van der Waals surface area contributed by atoms with Crippen LogP contribution >= 0.6 is 0 Å². The summed E-state index contributed by atoms with van der Waals surface area (Å²) in [7, 11) is 2.05. The summed E-state index contributed by atoms with van der Waals surface area (Å²) < 4.78 is 45.8. The van der Waals surface area contributed by atoms with Gasteiger partial charge in [0, 0.05) is 0 Å². The van der Waals surface area contributed by atoms with Crippen molar-refractivity contribution in [1.29, 1.82) is 0 Å². The molecule has 0 saturated heterocycles. The van der Waals surface area contributed by atoms with Crippen LogP contribution in [0, 0.1) is 12.3 Å². The Morgan fingerprint density at radius 3 is 2.44 bits per heavy atom. The first-order valence-corrected chi connectivity index (χ1v) is 20.0. The van der Waals surface area contributed by atoms with Crippen molar-refractivity contribution in [2.45, 2.75) is 50.8 Å². The quantitative estimate of drug-likeness (QED) is 0.170. The number of furan rings is 1. The van der Waals surface area contributed by atoms with E-state index in [1.807, 2.05) is 18.2 Å². The molecule has 3 aromatic carbocycles. The fourth-order valence-corrected chi connectivity index (χ4v) is 8.94. The van der Waals surface area contributed by atoms with E-state index in [0.29, 0.717) is 11.1 Å². The third kappa shape index (κ3) is 3.73. The molecule has 0 atom stereocenters. The summed E-state index contributed by atoms with van der Waals surface area (Å²) in [4.78, 5) is 0. The Balaban J connectivity index is 1.70. The number of pyridine rings is 1. The minimum atomic E-state index is -2.35. The van der Waals surface area contributed by atoms with Crippen LogP contribution in [0.1, 0.15) is 36.0 Å². The fourth-order valence-electron chi connectivity index (χ4n) is 5.62. The maximum atomic E-state index is 8.93. The molecule has 1 aliphatic carbocycles. The second-order valence-electron chi connectivity index (χ2n) is 11.7. The first-order valence-electron chi connectivity index (χ1n) is 14.7. The topological polar surface area (TPSA) is 17.0 Å². The number of hydrogen-bond donors (Lipinski definition) is 0. The van der Waals surface area contributed by atoms with E-state index in [2.05, 4.69) is 78.4 Å². The predicted octanol–water partition coefficient (Wildman–Crippen LogP) is 7.72. The summed E-state index contributed by atoms with van der Waals surface area (Å²) in [5.74, 6) is 7.19. The summed E-state index contributed by atoms with van der Waals surface area (Å²) >= 11 is -2.35. The SMILES string of the molecule is [2H]C1([2H])c2ccc(-c3cc[c]([Ge]([CH3])([CH3])[CH3])c4c3oc3c(-c5cccc[n+]5C)c(C)ccc34)cc2C([2H])([2H])C1(C)C. The molecule has 0 saturated carbocycles. The van der Waals surface area contributed by atoms with Crippen LogP contribution in [0.4, 0.5) is 0 Å². The molecule has 0 unspecified atom stereocenters. The number of nitrogens with zero attached hydrogens (tertiary/aromatic N) is 1. The number of fused-ring (bicyclic) bond motifs is 4. The molecule has 3 heteroatoms. The first-order chi connectivity index (χ1) is 18.6. The molecule has 0 spiro atoms. The summed E-state index contributed by atoms with van der Waals surface area (Å²) in [5.41, 5.74) is 6.40. The number of hydrogen-bond acceptors (Lipinski definition) is 1. The van der Waals surface area contributed by atoms with Gasteiger partial charge in [0.25, 0.3) is 0 Å². The minimum absolute atomic E-state index is 0.426. The first kappa shape index (κ1) is 19.3. The molecule has 2 aromatic heterocycles. The Morgan fingerprint density at radius 2 is 1.69 bits per heavy atom. The second kappa shape index (κ2) is 8.08. The fraction of sp³-hybridized carbons (Fsp3) is 0.303. The van der Waals surface area contributed by atoms with Gasteiger partial charge in [0.1, 0.15) is 0 Å². The van der Waals surface area contributed by atoms with Crippen LogP contribution in [-0.4, -0.2) is 13.3 Å². The molecule has 5 aromatic rings. The average Bonchev–Trinajstić information content (AvgIpc) is 3.30. The van der Waals surface area contributed by atoms with Crippen LogP contribution in [0.15, 0.2) is 71.3 Å². The number of aromatic nitrogens is 1. The second-order valence-corrected chi connectivity index (χ2v) is 22.3. The molecule has 2 nitrogen and oxygen atoms in total. The van der Waals surface area contributed by atoms with Gasteiger partial charge < -0.3 is 0 Å². The van der Waals surface area contributed by atoms with Crippen molar-refractivity contribution in [3.05, 3.63) is 83.6 Å². The van der Waals surface area contributed by atoms with Crippen molar-refractivity contribution >= 4 is 39.6 Å². The molecule has 36 heavy (non-hydrogen) atoms. The number of aryl methyl sites for hydroxylation is 2. The normalized spacial score (nSPS) is 19.5. The van der Waals surface area contributed by atoms with Gasteiger partial charge in [0.2, 0.25) is 0 Å². The zero-order valence-corrected chi connectivity index (χ0v) is 24.3. The van der Waals surface area contributed by atoms with Crippen molar-refractivity contribution in [2.24, 2.45) is 12.5 Å². The van der Waals surface area contributed by atoms with Crippen LogP contribution in [-0.2, 0) is 19.8 Å². The van der Waals surface area contributed by atoms with Gasteiger partial charge in [-0.15, -0.1) is 0 Å². The van der Waals surface area contributed by atoms with Gasteiger partial charge >= 0.3 is 223 Å². The van der Waals surface area contributed by atoms with E-state index >= 15 is 0 Å². The average molecular weight is 539 g/mol. The van der Waals surface area contributed by atoms with E-state index in [1.54, 1.807) is 19.9 Å². The molecular weight excluding hydrogens is 499 g/mol. The standard InChI is InChI=1S/C33H36GeNO/c1-21-11-14-26-30-27(34(4,5)6)16-15-25(22-12-13-23-19-33(2,3)20-24(23)18-22)31(30)36-32(26)29(21)28-10-8-9-17-35(28)7/h8-18H,19-20H2,1-7H3/q+1/i19D2,20D2. The molecule has 6 rings (SSSR count). The summed E-state index contributed by atoms with van der Waals surface area (Å²) in [6, 6.07) is 20.5. The Morgan fingerprint density at radius 1 is 0.917 bits per heavy atom. The van der Waals surface area contributed by atoms with Crippen LogP contribution in [0.5, 0.6) is 0 Å². The van der Waals surface area contributed by atoms with E-state index in [1.165, 1.54) is 4.40 Å². The van der Waals surface area contributed by atoms with E-state index in [-0.39, 0.29) is 0 Å². The Labute approximate surface area is 222 Å². The zero-order valence-electron chi connectivity index (χ0n) is 26.2. The molecule has 0 aliphatic heterocycles. The molecule has 0 radical (unpaired) electrons. The van der Waals surface area contributed by atoms with E-state index in [0.717, 1.165) is 49.9 Å². The molecule has 1 aliphatic rings. The van der Waals surface area contributed by atoms with Gasteiger partial charge in [0.15, 0.2) is 0 Å². The summed E-state index contributed by atoms with van der Waals surface area (Å²) in [6.07, 6.45) is -1.54. The number of benzene rings is 3. The molecule has 2 heterocycles. The summed E-state index contributed by atoms with van der Waals surface area (Å²) in [5, 5.41) is 2.25. The van der Waals surface area contributed by atoms with Gasteiger partial charge in [-0.2, -0.15) is 0 Å². The van der Waals surface area contributed by atoms with Gasteiger partial charge in [-0.25, -0.2) is 0 Å². The molecule has 0 amide bonds. The molecule has 0 fully saturated rings. The summed E-state index contributed by atoms with van der Waals surface area (Å²) in [6.45, 7) is 5.49. The van der Waals surface area contributed by atoms with Crippen LogP contribution < -0.4 is 8.96 Å². The van der Waals surface area contributed by atoms with Crippen LogP contribution in [0.3, 0.4) is 0 Å². The predicted molar refractivity (Wildman–Crippen MR) is 155 cm³/mol. The Hall–Kier alpha value is -2.85. The van der Waals surface area contributed by atoms with Gasteiger partial charge in [0.05, 0.1) is 0 Å². The van der Waals surface area contributed by atoms with Gasteiger partial charge in [-0.1, -0.05) is 0 Å². The molecule has 182 valence electrons. The Kier molecular flexibility index (Phi) is 4.33. The van der Waals surface area contributed by atoms with Crippen LogP contribution in [0.25, 0.3) is 44.3 Å². The van der Waals surface area contributed by atoms with E-state index in [4.69, 9.17) is 9.90 Å². The zero-order chi connectivity index (χ0) is 29.0. The Bertz CT molecular complexity index is 1850. The molecule has 0 bridgehead atoms.